The van der Waals surface area contributed by atoms with Gasteiger partial charge >= 0.3 is 0 Å². The molecule has 3 N–H and O–H groups in total. The van der Waals surface area contributed by atoms with Gasteiger partial charge in [0.25, 0.3) is 0 Å². The van der Waals surface area contributed by atoms with Crippen LogP contribution in [0.1, 0.15) is 5.56 Å². The van der Waals surface area contributed by atoms with Crippen LogP contribution < -0.4 is 10.6 Å². The van der Waals surface area contributed by atoms with Crippen molar-refractivity contribution >= 4 is 51.6 Å². The van der Waals surface area contributed by atoms with E-state index >= 15 is 0 Å². The lowest BCUT2D eigenvalue weighted by molar-refractivity contribution is 0.477. The van der Waals surface area contributed by atoms with E-state index in [1.165, 1.54) is 6.07 Å². The fourth-order valence-electron chi connectivity index (χ4n) is 2.82. The first-order valence-electron chi connectivity index (χ1n) is 8.60. The zero-order valence-corrected chi connectivity index (χ0v) is 16.2. The summed E-state index contributed by atoms with van der Waals surface area (Å²) in [6.07, 6.45) is 0. The minimum Gasteiger partial charge on any atom is -0.506 e. The minimum absolute atomic E-state index is 0.0618. The van der Waals surface area contributed by atoms with Gasteiger partial charge in [-0.05, 0) is 42.0 Å². The van der Waals surface area contributed by atoms with E-state index in [0.29, 0.717) is 34.0 Å². The molecule has 0 aliphatic carbocycles. The number of phenols is 1. The SMILES string of the molecule is Oc1ccc(Cl)cc1Nc1nc(NCc2ccccc2Cl)c2ccccc2n1. The average Bonchev–Trinajstić information content (AvgIpc) is 2.70. The number of anilines is 3. The quantitative estimate of drug-likeness (QED) is 0.352. The van der Waals surface area contributed by atoms with E-state index in [1.54, 1.807) is 12.1 Å². The summed E-state index contributed by atoms with van der Waals surface area (Å²) >= 11 is 12.3. The van der Waals surface area contributed by atoms with Gasteiger partial charge in [-0.15, -0.1) is 0 Å². The Morgan fingerprint density at radius 2 is 1.68 bits per heavy atom. The number of hydrogen-bond acceptors (Lipinski definition) is 5. The smallest absolute Gasteiger partial charge is 0.229 e. The Labute approximate surface area is 172 Å². The van der Waals surface area contributed by atoms with Gasteiger partial charge in [-0.2, -0.15) is 4.98 Å². The van der Waals surface area contributed by atoms with Crippen LogP contribution in [0.5, 0.6) is 5.75 Å². The summed E-state index contributed by atoms with van der Waals surface area (Å²) in [5.74, 6) is 1.07. The summed E-state index contributed by atoms with van der Waals surface area (Å²) in [4.78, 5) is 9.11. The molecule has 0 aliphatic rings. The zero-order valence-electron chi connectivity index (χ0n) is 14.7. The van der Waals surface area contributed by atoms with Gasteiger partial charge in [0.1, 0.15) is 11.6 Å². The lowest BCUT2D eigenvalue weighted by Crippen LogP contribution is -2.06. The van der Waals surface area contributed by atoms with Crippen molar-refractivity contribution in [2.24, 2.45) is 0 Å². The van der Waals surface area contributed by atoms with E-state index in [2.05, 4.69) is 20.6 Å². The van der Waals surface area contributed by atoms with E-state index in [-0.39, 0.29) is 5.75 Å². The number of hydrogen-bond donors (Lipinski definition) is 3. The van der Waals surface area contributed by atoms with E-state index in [0.717, 1.165) is 16.5 Å². The predicted octanol–water partition coefficient (Wildman–Crippen LogP) is 6.00. The lowest BCUT2D eigenvalue weighted by atomic mass is 10.2. The number of phenolic OH excluding ortho intramolecular Hbond substituents is 1. The number of benzene rings is 3. The molecule has 0 saturated heterocycles. The molecule has 28 heavy (non-hydrogen) atoms. The summed E-state index contributed by atoms with van der Waals surface area (Å²) < 4.78 is 0. The molecule has 0 amide bonds. The van der Waals surface area contributed by atoms with Crippen LogP contribution >= 0.6 is 23.2 Å². The number of aromatic nitrogens is 2. The summed E-state index contributed by atoms with van der Waals surface area (Å²) in [7, 11) is 0. The highest BCUT2D eigenvalue weighted by atomic mass is 35.5. The van der Waals surface area contributed by atoms with E-state index in [4.69, 9.17) is 23.2 Å². The van der Waals surface area contributed by atoms with Crippen LogP contribution in [0.4, 0.5) is 17.5 Å². The average molecular weight is 411 g/mol. The van der Waals surface area contributed by atoms with Crippen LogP contribution in [0.3, 0.4) is 0 Å². The van der Waals surface area contributed by atoms with Gasteiger partial charge < -0.3 is 15.7 Å². The third kappa shape index (κ3) is 3.96. The van der Waals surface area contributed by atoms with Crippen LogP contribution in [-0.2, 0) is 6.54 Å². The third-order valence-electron chi connectivity index (χ3n) is 4.21. The molecule has 4 rings (SSSR count). The van der Waals surface area contributed by atoms with Crippen LogP contribution in [-0.4, -0.2) is 15.1 Å². The van der Waals surface area contributed by atoms with E-state index in [9.17, 15) is 5.11 Å². The largest absolute Gasteiger partial charge is 0.506 e. The number of fused-ring (bicyclic) bond motifs is 1. The first kappa shape index (κ1) is 18.3. The third-order valence-corrected chi connectivity index (χ3v) is 4.82. The number of nitrogens with zero attached hydrogens (tertiary/aromatic N) is 2. The first-order chi connectivity index (χ1) is 13.6. The Kier molecular flexibility index (Phi) is 5.19. The second kappa shape index (κ2) is 7.92. The van der Waals surface area contributed by atoms with Gasteiger partial charge in [-0.25, -0.2) is 4.98 Å². The summed E-state index contributed by atoms with van der Waals surface area (Å²) in [5, 5.41) is 18.5. The van der Waals surface area contributed by atoms with Crippen LogP contribution in [0.2, 0.25) is 10.0 Å². The van der Waals surface area contributed by atoms with Crippen molar-refractivity contribution < 1.29 is 5.11 Å². The second-order valence-electron chi connectivity index (χ2n) is 6.14. The lowest BCUT2D eigenvalue weighted by Gasteiger charge is -2.13. The minimum atomic E-state index is 0.0618. The van der Waals surface area contributed by atoms with Gasteiger partial charge in [0, 0.05) is 22.0 Å². The Morgan fingerprint density at radius 3 is 2.54 bits per heavy atom. The van der Waals surface area contributed by atoms with Gasteiger partial charge in [0.05, 0.1) is 11.2 Å². The van der Waals surface area contributed by atoms with Crippen molar-refractivity contribution in [3.63, 3.8) is 0 Å². The molecule has 7 heteroatoms. The highest BCUT2D eigenvalue weighted by molar-refractivity contribution is 6.31. The van der Waals surface area contributed by atoms with Crippen molar-refractivity contribution in [3.8, 4) is 5.75 Å². The highest BCUT2D eigenvalue weighted by Crippen LogP contribution is 2.30. The molecule has 0 aliphatic heterocycles. The van der Waals surface area contributed by atoms with Crippen molar-refractivity contribution in [2.45, 2.75) is 6.54 Å². The second-order valence-corrected chi connectivity index (χ2v) is 6.99. The van der Waals surface area contributed by atoms with Gasteiger partial charge in [0.15, 0.2) is 0 Å². The maximum Gasteiger partial charge on any atom is 0.229 e. The normalized spacial score (nSPS) is 10.8. The van der Waals surface area contributed by atoms with Crippen LogP contribution in [0.15, 0.2) is 66.7 Å². The molecule has 0 fully saturated rings. The van der Waals surface area contributed by atoms with Crippen molar-refractivity contribution in [1.82, 2.24) is 9.97 Å². The number of nitrogens with one attached hydrogen (secondary N) is 2. The fourth-order valence-corrected chi connectivity index (χ4v) is 3.19. The highest BCUT2D eigenvalue weighted by Gasteiger charge is 2.10. The molecule has 1 aromatic heterocycles. The molecule has 0 saturated carbocycles. The topological polar surface area (TPSA) is 70.1 Å². The molecule has 0 unspecified atom stereocenters. The maximum atomic E-state index is 10.1. The number of rotatable bonds is 5. The molecule has 5 nitrogen and oxygen atoms in total. The summed E-state index contributed by atoms with van der Waals surface area (Å²) in [6.45, 7) is 0.516. The van der Waals surface area contributed by atoms with Gasteiger partial charge in [-0.3, -0.25) is 0 Å². The molecular weight excluding hydrogens is 395 g/mol. The molecule has 4 aromatic rings. The van der Waals surface area contributed by atoms with Crippen molar-refractivity contribution in [1.29, 1.82) is 0 Å². The Morgan fingerprint density at radius 1 is 0.893 bits per heavy atom. The Hall–Kier alpha value is -3.02. The van der Waals surface area contributed by atoms with Crippen molar-refractivity contribution in [3.05, 3.63) is 82.3 Å². The first-order valence-corrected chi connectivity index (χ1v) is 9.35. The number of para-hydroxylation sites is 1. The van der Waals surface area contributed by atoms with E-state index in [1.807, 2.05) is 48.5 Å². The molecule has 0 spiro atoms. The molecule has 3 aromatic carbocycles. The number of aromatic hydroxyl groups is 1. The maximum absolute atomic E-state index is 10.1. The molecule has 0 bridgehead atoms. The van der Waals surface area contributed by atoms with Crippen LogP contribution in [0.25, 0.3) is 10.9 Å². The Bertz CT molecular complexity index is 1150. The fraction of sp³-hybridized carbons (Fsp3) is 0.0476. The van der Waals surface area contributed by atoms with Crippen LogP contribution in [0, 0.1) is 0 Å². The molecule has 140 valence electrons. The molecular formula is C21H16Cl2N4O. The molecule has 0 radical (unpaired) electrons. The molecule has 0 atom stereocenters. The van der Waals surface area contributed by atoms with Crippen molar-refractivity contribution in [2.75, 3.05) is 10.6 Å². The zero-order chi connectivity index (χ0) is 19.5. The van der Waals surface area contributed by atoms with Gasteiger partial charge in [0.2, 0.25) is 5.95 Å². The standard InChI is InChI=1S/C21H16Cl2N4O/c22-14-9-10-19(28)18(11-14)26-21-25-17-8-4-2-6-15(17)20(27-21)24-12-13-5-1-3-7-16(13)23/h1-11,28H,12H2,(H2,24,25,26,27). The molecule has 1 heterocycles. The monoisotopic (exact) mass is 410 g/mol. The summed E-state index contributed by atoms with van der Waals surface area (Å²) in [5.41, 5.74) is 2.16. The predicted molar refractivity (Wildman–Crippen MR) is 115 cm³/mol. The summed E-state index contributed by atoms with van der Waals surface area (Å²) in [6, 6.07) is 20.1. The van der Waals surface area contributed by atoms with Gasteiger partial charge in [-0.1, -0.05) is 53.5 Å². The number of halogens is 2. The Balaban J connectivity index is 1.69. The van der Waals surface area contributed by atoms with E-state index < -0.39 is 0 Å².